The monoisotopic (exact) mass is 376 g/mol. The fourth-order valence-corrected chi connectivity index (χ4v) is 2.83. The van der Waals surface area contributed by atoms with Gasteiger partial charge in [0.05, 0.1) is 24.3 Å². The zero-order valence-electron chi connectivity index (χ0n) is 16.0. The number of nitrogen functional groups attached to an aromatic ring is 1. The minimum Gasteiger partial charge on any atom is -0.468 e. The summed E-state index contributed by atoms with van der Waals surface area (Å²) in [5.41, 5.74) is 6.90. The Morgan fingerprint density at radius 3 is 2.56 bits per heavy atom. The van der Waals surface area contributed by atoms with Crippen LogP contribution in [0.25, 0.3) is 5.69 Å². The predicted molar refractivity (Wildman–Crippen MR) is 99.8 cm³/mol. The minimum absolute atomic E-state index is 0.0759. The normalized spacial score (nSPS) is 20.0. The first-order valence-electron chi connectivity index (χ1n) is 8.85. The highest BCUT2D eigenvalue weighted by molar-refractivity contribution is 5.68. The molecule has 8 heteroatoms. The van der Waals surface area contributed by atoms with Crippen molar-refractivity contribution >= 4 is 11.9 Å². The third kappa shape index (κ3) is 4.15. The lowest BCUT2D eigenvalue weighted by Crippen LogP contribution is -2.36. The molecule has 2 aromatic rings. The van der Waals surface area contributed by atoms with Gasteiger partial charge in [-0.2, -0.15) is 0 Å². The van der Waals surface area contributed by atoms with Gasteiger partial charge in [0.25, 0.3) is 0 Å². The van der Waals surface area contributed by atoms with Crippen LogP contribution in [0.4, 0.5) is 15.0 Å². The maximum absolute atomic E-state index is 14.4. The number of benzene rings is 1. The van der Waals surface area contributed by atoms with E-state index < -0.39 is 24.0 Å². The summed E-state index contributed by atoms with van der Waals surface area (Å²) in [4.78, 5) is 13.5. The lowest BCUT2D eigenvalue weighted by Gasteiger charge is -2.24. The molecule has 0 aliphatic carbocycles. The molecule has 0 radical (unpaired) electrons. The molecule has 1 aromatic carbocycles. The van der Waals surface area contributed by atoms with Crippen molar-refractivity contribution in [1.82, 2.24) is 14.7 Å². The molecule has 2 N–H and O–H groups in total. The number of anilines is 1. The van der Waals surface area contributed by atoms with E-state index in [2.05, 4.69) is 5.10 Å². The van der Waals surface area contributed by atoms with Crippen molar-refractivity contribution < 1.29 is 18.7 Å². The first kappa shape index (κ1) is 19.0. The van der Waals surface area contributed by atoms with Crippen molar-refractivity contribution in [3.63, 3.8) is 0 Å². The van der Waals surface area contributed by atoms with Gasteiger partial charge in [0, 0.05) is 0 Å². The van der Waals surface area contributed by atoms with E-state index in [9.17, 15) is 9.18 Å². The second kappa shape index (κ2) is 7.09. The summed E-state index contributed by atoms with van der Waals surface area (Å²) in [6.45, 7) is 7.09. The minimum atomic E-state index is -1.33. The van der Waals surface area contributed by atoms with Crippen LogP contribution in [0, 0.1) is 6.92 Å². The van der Waals surface area contributed by atoms with Crippen LogP contribution in [-0.4, -0.2) is 51.7 Å². The lowest BCUT2D eigenvalue weighted by molar-refractivity contribution is 0.0273. The van der Waals surface area contributed by atoms with Crippen molar-refractivity contribution in [3.05, 3.63) is 35.9 Å². The van der Waals surface area contributed by atoms with Crippen LogP contribution in [0.2, 0.25) is 0 Å². The summed E-state index contributed by atoms with van der Waals surface area (Å²) in [6.07, 6.45) is -2.71. The van der Waals surface area contributed by atoms with Gasteiger partial charge in [0.2, 0.25) is 5.88 Å². The first-order chi connectivity index (χ1) is 12.7. The number of nitrogens with zero attached hydrogens (tertiary/aromatic N) is 3. The molecule has 0 spiro atoms. The molecule has 1 aliphatic heterocycles. The molecular formula is C19H25FN4O3. The van der Waals surface area contributed by atoms with Gasteiger partial charge in [0.1, 0.15) is 11.4 Å². The van der Waals surface area contributed by atoms with E-state index in [1.807, 2.05) is 30.3 Å². The standard InChI is InChI=1S/C19H25FN4O3/c1-12-16(21)24(13-8-6-5-7-9-13)22-17(12)26-15-11-23(10-14(15)20)18(25)27-19(2,3)4/h5-9,14-15H,10-11,21H2,1-4H3. The van der Waals surface area contributed by atoms with E-state index in [-0.39, 0.29) is 19.0 Å². The van der Waals surface area contributed by atoms with E-state index >= 15 is 0 Å². The Morgan fingerprint density at radius 2 is 1.93 bits per heavy atom. The molecule has 27 heavy (non-hydrogen) atoms. The average molecular weight is 376 g/mol. The van der Waals surface area contributed by atoms with E-state index in [0.717, 1.165) is 5.69 Å². The second-order valence-electron chi connectivity index (χ2n) is 7.62. The van der Waals surface area contributed by atoms with Gasteiger partial charge < -0.3 is 20.1 Å². The number of hydrogen-bond donors (Lipinski definition) is 1. The quantitative estimate of drug-likeness (QED) is 0.890. The number of likely N-dealkylation sites (tertiary alicyclic amines) is 1. The smallest absolute Gasteiger partial charge is 0.410 e. The fourth-order valence-electron chi connectivity index (χ4n) is 2.83. The summed E-state index contributed by atoms with van der Waals surface area (Å²) in [5, 5.41) is 4.37. The third-order valence-corrected chi connectivity index (χ3v) is 4.24. The molecule has 146 valence electrons. The van der Waals surface area contributed by atoms with Gasteiger partial charge in [-0.05, 0) is 39.8 Å². The average Bonchev–Trinajstić information content (AvgIpc) is 3.10. The van der Waals surface area contributed by atoms with Gasteiger partial charge in [-0.1, -0.05) is 18.2 Å². The maximum atomic E-state index is 14.4. The van der Waals surface area contributed by atoms with Crippen molar-refractivity contribution in [3.8, 4) is 11.6 Å². The zero-order chi connectivity index (χ0) is 19.8. The number of halogens is 1. The van der Waals surface area contributed by atoms with E-state index in [4.69, 9.17) is 15.2 Å². The molecule has 1 aliphatic rings. The Kier molecular flexibility index (Phi) is 4.99. The van der Waals surface area contributed by atoms with Crippen molar-refractivity contribution in [2.75, 3.05) is 18.8 Å². The molecule has 7 nitrogen and oxygen atoms in total. The number of hydrogen-bond acceptors (Lipinski definition) is 5. The van der Waals surface area contributed by atoms with Gasteiger partial charge >= 0.3 is 6.09 Å². The summed E-state index contributed by atoms with van der Waals surface area (Å²) in [7, 11) is 0. The first-order valence-corrected chi connectivity index (χ1v) is 8.85. The summed E-state index contributed by atoms with van der Waals surface area (Å²) in [6, 6.07) is 9.37. The van der Waals surface area contributed by atoms with Crippen LogP contribution < -0.4 is 10.5 Å². The molecule has 0 saturated carbocycles. The van der Waals surface area contributed by atoms with E-state index in [1.54, 1.807) is 32.4 Å². The summed E-state index contributed by atoms with van der Waals surface area (Å²) in [5.74, 6) is 0.684. The molecule has 1 amide bonds. The van der Waals surface area contributed by atoms with Gasteiger partial charge in [0.15, 0.2) is 12.3 Å². The van der Waals surface area contributed by atoms with Gasteiger partial charge in [-0.25, -0.2) is 13.9 Å². The Balaban J connectivity index is 1.73. The van der Waals surface area contributed by atoms with Crippen molar-refractivity contribution in [2.24, 2.45) is 0 Å². The van der Waals surface area contributed by atoms with Crippen LogP contribution in [0.15, 0.2) is 30.3 Å². The highest BCUT2D eigenvalue weighted by Crippen LogP contribution is 2.29. The zero-order valence-corrected chi connectivity index (χ0v) is 16.0. The maximum Gasteiger partial charge on any atom is 0.410 e. The topological polar surface area (TPSA) is 82.6 Å². The lowest BCUT2D eigenvalue weighted by atomic mass is 10.2. The van der Waals surface area contributed by atoms with E-state index in [0.29, 0.717) is 11.4 Å². The molecular weight excluding hydrogens is 351 g/mol. The number of aromatic nitrogens is 2. The largest absolute Gasteiger partial charge is 0.468 e. The molecule has 2 atom stereocenters. The second-order valence-corrected chi connectivity index (χ2v) is 7.62. The predicted octanol–water partition coefficient (Wildman–Crippen LogP) is 3.10. The Bertz CT molecular complexity index is 816. The number of rotatable bonds is 3. The number of nitrogens with two attached hydrogens (primary N) is 1. The van der Waals surface area contributed by atoms with Crippen molar-refractivity contribution in [1.29, 1.82) is 0 Å². The highest BCUT2D eigenvalue weighted by Gasteiger charge is 2.39. The number of ether oxygens (including phenoxy) is 2. The molecule has 2 unspecified atom stereocenters. The molecule has 0 bridgehead atoms. The van der Waals surface area contributed by atoms with Crippen LogP contribution in [0.1, 0.15) is 26.3 Å². The molecule has 1 saturated heterocycles. The Morgan fingerprint density at radius 1 is 1.26 bits per heavy atom. The van der Waals surface area contributed by atoms with E-state index in [1.165, 1.54) is 4.90 Å². The number of carbonyl (C=O) groups excluding carboxylic acids is 1. The van der Waals surface area contributed by atoms with Gasteiger partial charge in [-0.3, -0.25) is 0 Å². The SMILES string of the molecule is Cc1c(OC2CN(C(=O)OC(C)(C)C)CC2F)nn(-c2ccccc2)c1N. The molecule has 1 aromatic heterocycles. The fraction of sp³-hybridized carbons (Fsp3) is 0.474. The van der Waals surface area contributed by atoms with Crippen LogP contribution in [0.3, 0.4) is 0 Å². The molecule has 1 fully saturated rings. The number of alkyl halides is 1. The molecule has 3 rings (SSSR count). The summed E-state index contributed by atoms with van der Waals surface area (Å²) < 4.78 is 27.1. The van der Waals surface area contributed by atoms with Crippen molar-refractivity contribution in [2.45, 2.75) is 45.6 Å². The molecule has 2 heterocycles. The van der Waals surface area contributed by atoms with Crippen LogP contribution in [0.5, 0.6) is 5.88 Å². The number of carbonyl (C=O) groups is 1. The number of para-hydroxylation sites is 1. The van der Waals surface area contributed by atoms with Gasteiger partial charge in [-0.15, -0.1) is 5.10 Å². The van der Waals surface area contributed by atoms with Crippen LogP contribution in [-0.2, 0) is 4.74 Å². The Labute approximate surface area is 157 Å². The summed E-state index contributed by atoms with van der Waals surface area (Å²) >= 11 is 0. The highest BCUT2D eigenvalue weighted by atomic mass is 19.1. The van der Waals surface area contributed by atoms with Crippen LogP contribution >= 0.6 is 0 Å². The number of amides is 1. The third-order valence-electron chi connectivity index (χ3n) is 4.24. The Hall–Kier alpha value is -2.77.